The summed E-state index contributed by atoms with van der Waals surface area (Å²) in [5, 5.41) is 14.6. The number of aliphatic hydroxyl groups excluding tert-OH is 1. The van der Waals surface area contributed by atoms with Gasteiger partial charge in [-0.25, -0.2) is 4.98 Å². The molecule has 7 nitrogen and oxygen atoms in total. The van der Waals surface area contributed by atoms with Gasteiger partial charge in [0.1, 0.15) is 5.65 Å². The van der Waals surface area contributed by atoms with Crippen LogP contribution in [0.3, 0.4) is 0 Å². The first-order valence-corrected chi connectivity index (χ1v) is 13.9. The fraction of sp³-hybridized carbons (Fsp3) is 0.586. The molecule has 36 heavy (non-hydrogen) atoms. The van der Waals surface area contributed by atoms with Crippen LogP contribution < -0.4 is 5.32 Å². The Balaban J connectivity index is 1.24. The van der Waals surface area contributed by atoms with Crippen molar-refractivity contribution >= 4 is 17.0 Å². The molecule has 3 aromatic rings. The van der Waals surface area contributed by atoms with Gasteiger partial charge in [-0.3, -0.25) is 9.80 Å². The Kier molecular flexibility index (Phi) is 6.71. The lowest BCUT2D eigenvalue weighted by Gasteiger charge is -2.36. The van der Waals surface area contributed by atoms with Gasteiger partial charge in [-0.15, -0.1) is 0 Å². The van der Waals surface area contributed by atoms with Crippen LogP contribution in [-0.2, 0) is 6.54 Å². The van der Waals surface area contributed by atoms with Crippen molar-refractivity contribution in [2.45, 2.75) is 83.1 Å². The highest BCUT2D eigenvalue weighted by molar-refractivity contribution is 5.94. The van der Waals surface area contributed by atoms with E-state index in [1.807, 2.05) is 6.20 Å². The number of nitrogens with one attached hydrogen (secondary N) is 1. The number of fused-ring (bicyclic) bond motifs is 1. The van der Waals surface area contributed by atoms with E-state index in [0.29, 0.717) is 18.1 Å². The summed E-state index contributed by atoms with van der Waals surface area (Å²) in [6.45, 7) is 10.2. The number of hydrogen-bond donors (Lipinski definition) is 2. The number of nitrogens with zero attached hydrogens (tertiary/aromatic N) is 5. The maximum absolute atomic E-state index is 10.1. The van der Waals surface area contributed by atoms with E-state index in [1.165, 1.54) is 29.5 Å². The third-order valence-corrected chi connectivity index (χ3v) is 8.35. The maximum Gasteiger partial charge on any atom is 0.224 e. The van der Waals surface area contributed by atoms with E-state index in [4.69, 9.17) is 4.98 Å². The summed E-state index contributed by atoms with van der Waals surface area (Å²) in [7, 11) is 0. The molecule has 1 aromatic carbocycles. The Hall–Kier alpha value is -2.48. The monoisotopic (exact) mass is 488 g/mol. The quantitative estimate of drug-likeness (QED) is 0.504. The molecule has 0 radical (unpaired) electrons. The second-order valence-corrected chi connectivity index (χ2v) is 11.4. The second kappa shape index (κ2) is 10.1. The average molecular weight is 489 g/mol. The fourth-order valence-electron chi connectivity index (χ4n) is 5.84. The summed E-state index contributed by atoms with van der Waals surface area (Å²) in [6, 6.07) is 10.6. The number of anilines is 1. The van der Waals surface area contributed by atoms with Gasteiger partial charge in [0.25, 0.3) is 0 Å². The van der Waals surface area contributed by atoms with Gasteiger partial charge in [0.15, 0.2) is 0 Å². The van der Waals surface area contributed by atoms with Crippen molar-refractivity contribution in [2.24, 2.45) is 0 Å². The number of aliphatic hydroxyl groups is 1. The van der Waals surface area contributed by atoms with Crippen molar-refractivity contribution in [3.8, 4) is 11.1 Å². The van der Waals surface area contributed by atoms with Crippen LogP contribution in [0.4, 0.5) is 5.95 Å². The molecule has 0 amide bonds. The largest absolute Gasteiger partial charge is 0.393 e. The second-order valence-electron chi connectivity index (χ2n) is 11.4. The number of hydrogen-bond acceptors (Lipinski definition) is 6. The van der Waals surface area contributed by atoms with Crippen LogP contribution in [-0.4, -0.2) is 73.8 Å². The normalized spacial score (nSPS) is 24.0. The third kappa shape index (κ3) is 5.15. The van der Waals surface area contributed by atoms with Gasteiger partial charge in [-0.05, 0) is 63.5 Å². The van der Waals surface area contributed by atoms with Gasteiger partial charge in [-0.2, -0.15) is 4.98 Å². The molecule has 2 aromatic heterocycles. The molecule has 0 atom stereocenters. The van der Waals surface area contributed by atoms with Crippen LogP contribution in [0, 0.1) is 0 Å². The standard InChI is InChI=1S/C29H40N6O/c1-20(2)34-15-13-33(14-16-34)18-21-3-5-22(6-4-21)27-19-35(24-9-11-25(36)12-10-24)28-26(27)17-30-29(32-28)31-23-7-8-23/h3-6,17,19-20,23-25,36H,7-16,18H2,1-2H3,(H,30,31,32)/t24-,25-. The summed E-state index contributed by atoms with van der Waals surface area (Å²) in [5.74, 6) is 0.736. The number of benzene rings is 1. The molecule has 3 aliphatic rings. The van der Waals surface area contributed by atoms with Crippen molar-refractivity contribution in [2.75, 3.05) is 31.5 Å². The van der Waals surface area contributed by atoms with Crippen LogP contribution in [0.1, 0.15) is 64.0 Å². The molecule has 1 aliphatic heterocycles. The van der Waals surface area contributed by atoms with Gasteiger partial charge >= 0.3 is 0 Å². The Morgan fingerprint density at radius 3 is 2.36 bits per heavy atom. The highest BCUT2D eigenvalue weighted by atomic mass is 16.3. The van der Waals surface area contributed by atoms with E-state index in [2.05, 4.69) is 69.0 Å². The van der Waals surface area contributed by atoms with Crippen molar-refractivity contribution in [1.29, 1.82) is 0 Å². The fourth-order valence-corrected chi connectivity index (χ4v) is 5.84. The smallest absolute Gasteiger partial charge is 0.224 e. The highest BCUT2D eigenvalue weighted by Crippen LogP contribution is 2.37. The van der Waals surface area contributed by atoms with E-state index in [9.17, 15) is 5.11 Å². The molecule has 2 saturated carbocycles. The Morgan fingerprint density at radius 1 is 0.972 bits per heavy atom. The average Bonchev–Trinajstić information content (AvgIpc) is 3.63. The topological polar surface area (TPSA) is 69.5 Å². The van der Waals surface area contributed by atoms with Crippen LogP contribution in [0.15, 0.2) is 36.7 Å². The zero-order chi connectivity index (χ0) is 24.6. The minimum atomic E-state index is -0.162. The lowest BCUT2D eigenvalue weighted by atomic mass is 9.93. The lowest BCUT2D eigenvalue weighted by molar-refractivity contribution is 0.104. The van der Waals surface area contributed by atoms with Crippen molar-refractivity contribution in [3.63, 3.8) is 0 Å². The summed E-state index contributed by atoms with van der Waals surface area (Å²) < 4.78 is 2.36. The van der Waals surface area contributed by atoms with Gasteiger partial charge in [0, 0.05) is 74.2 Å². The third-order valence-electron chi connectivity index (χ3n) is 8.35. The molecule has 3 heterocycles. The zero-order valence-electron chi connectivity index (χ0n) is 21.7. The predicted octanol–water partition coefficient (Wildman–Crippen LogP) is 4.67. The van der Waals surface area contributed by atoms with Crippen molar-refractivity contribution < 1.29 is 5.11 Å². The first kappa shape index (κ1) is 23.9. The Labute approximate surface area is 214 Å². The van der Waals surface area contributed by atoms with Crippen molar-refractivity contribution in [1.82, 2.24) is 24.3 Å². The maximum atomic E-state index is 10.1. The van der Waals surface area contributed by atoms with E-state index in [0.717, 1.165) is 75.4 Å². The molecule has 7 heteroatoms. The predicted molar refractivity (Wildman–Crippen MR) is 145 cm³/mol. The minimum absolute atomic E-state index is 0.162. The summed E-state index contributed by atoms with van der Waals surface area (Å²) in [5.41, 5.74) is 4.80. The van der Waals surface area contributed by atoms with Crippen LogP contribution >= 0.6 is 0 Å². The molecule has 0 spiro atoms. The molecule has 3 fully saturated rings. The number of rotatable bonds is 7. The van der Waals surface area contributed by atoms with Crippen LogP contribution in [0.2, 0.25) is 0 Å². The first-order valence-electron chi connectivity index (χ1n) is 13.9. The minimum Gasteiger partial charge on any atom is -0.393 e. The molecule has 1 saturated heterocycles. The highest BCUT2D eigenvalue weighted by Gasteiger charge is 2.26. The van der Waals surface area contributed by atoms with Gasteiger partial charge in [0.2, 0.25) is 5.95 Å². The molecule has 192 valence electrons. The van der Waals surface area contributed by atoms with Gasteiger partial charge in [-0.1, -0.05) is 24.3 Å². The summed E-state index contributed by atoms with van der Waals surface area (Å²) in [4.78, 5) is 14.8. The van der Waals surface area contributed by atoms with E-state index >= 15 is 0 Å². The molecular weight excluding hydrogens is 448 g/mol. The molecule has 2 aliphatic carbocycles. The number of aromatic nitrogens is 3. The number of piperazine rings is 1. The van der Waals surface area contributed by atoms with Crippen LogP contribution in [0.5, 0.6) is 0 Å². The Bertz CT molecular complexity index is 1170. The van der Waals surface area contributed by atoms with Gasteiger partial charge in [0.05, 0.1) is 6.10 Å². The van der Waals surface area contributed by atoms with Crippen molar-refractivity contribution in [3.05, 3.63) is 42.2 Å². The Morgan fingerprint density at radius 2 is 1.69 bits per heavy atom. The SMILES string of the molecule is CC(C)N1CCN(Cc2ccc(-c3cn([C@H]4CC[C@H](O)CC4)c4nc(NC5CC5)ncc34)cc2)CC1. The van der Waals surface area contributed by atoms with E-state index < -0.39 is 0 Å². The molecule has 0 bridgehead atoms. The van der Waals surface area contributed by atoms with Gasteiger partial charge < -0.3 is 15.0 Å². The molecule has 6 rings (SSSR count). The lowest BCUT2D eigenvalue weighted by Crippen LogP contribution is -2.48. The van der Waals surface area contributed by atoms with Crippen LogP contribution in [0.25, 0.3) is 22.2 Å². The molecule has 0 unspecified atom stereocenters. The first-order chi connectivity index (χ1) is 17.5. The van der Waals surface area contributed by atoms with E-state index in [1.54, 1.807) is 0 Å². The molecule has 2 N–H and O–H groups in total. The van der Waals surface area contributed by atoms with E-state index in [-0.39, 0.29) is 6.10 Å². The summed E-state index contributed by atoms with van der Waals surface area (Å²) in [6.07, 6.45) is 10.2. The zero-order valence-corrected chi connectivity index (χ0v) is 21.7. The molecular formula is C29H40N6O. The summed E-state index contributed by atoms with van der Waals surface area (Å²) >= 11 is 0.